The topological polar surface area (TPSA) is 41.6 Å². The van der Waals surface area contributed by atoms with Crippen LogP contribution in [0.1, 0.15) is 43.0 Å². The first kappa shape index (κ1) is 9.72. The summed E-state index contributed by atoms with van der Waals surface area (Å²) in [5.74, 6) is 0.587. The number of hydrogen-bond donors (Lipinski definition) is 0. The molecule has 0 amide bonds. The van der Waals surface area contributed by atoms with Gasteiger partial charge in [0.15, 0.2) is 5.69 Å². The van der Waals surface area contributed by atoms with Gasteiger partial charge in [0.2, 0.25) is 0 Å². The SMILES string of the molecule is Cn1nc(C#N)c(Br)c1C1CCCC1. The molecule has 0 saturated heterocycles. The fraction of sp³-hybridized carbons (Fsp3) is 0.600. The van der Waals surface area contributed by atoms with Crippen molar-refractivity contribution in [3.63, 3.8) is 0 Å². The molecule has 0 atom stereocenters. The van der Waals surface area contributed by atoms with Gasteiger partial charge in [0.1, 0.15) is 6.07 Å². The monoisotopic (exact) mass is 253 g/mol. The molecule has 0 bridgehead atoms. The Morgan fingerprint density at radius 1 is 1.50 bits per heavy atom. The average molecular weight is 254 g/mol. The highest BCUT2D eigenvalue weighted by molar-refractivity contribution is 9.10. The Kier molecular flexibility index (Phi) is 2.60. The summed E-state index contributed by atoms with van der Waals surface area (Å²) in [6.07, 6.45) is 5.04. The quantitative estimate of drug-likeness (QED) is 0.773. The predicted molar refractivity (Wildman–Crippen MR) is 56.8 cm³/mol. The van der Waals surface area contributed by atoms with E-state index in [0.29, 0.717) is 11.6 Å². The van der Waals surface area contributed by atoms with Crippen LogP contribution < -0.4 is 0 Å². The van der Waals surface area contributed by atoms with E-state index in [9.17, 15) is 0 Å². The van der Waals surface area contributed by atoms with E-state index in [-0.39, 0.29) is 0 Å². The van der Waals surface area contributed by atoms with Crippen LogP contribution in [0.5, 0.6) is 0 Å². The molecule has 3 nitrogen and oxygen atoms in total. The number of hydrogen-bond acceptors (Lipinski definition) is 2. The third-order valence-electron chi connectivity index (χ3n) is 2.88. The molecule has 0 unspecified atom stereocenters. The van der Waals surface area contributed by atoms with Gasteiger partial charge in [0.05, 0.1) is 10.2 Å². The van der Waals surface area contributed by atoms with Crippen LogP contribution in [-0.2, 0) is 7.05 Å². The Balaban J connectivity index is 2.42. The maximum atomic E-state index is 8.84. The zero-order valence-corrected chi connectivity index (χ0v) is 9.71. The van der Waals surface area contributed by atoms with Crippen molar-refractivity contribution >= 4 is 15.9 Å². The highest BCUT2D eigenvalue weighted by atomic mass is 79.9. The Hall–Kier alpha value is -0.820. The third-order valence-corrected chi connectivity index (χ3v) is 3.66. The number of halogens is 1. The minimum absolute atomic E-state index is 0.509. The molecular formula is C10H12BrN3. The summed E-state index contributed by atoms with van der Waals surface area (Å²) in [4.78, 5) is 0. The van der Waals surface area contributed by atoms with Crippen molar-refractivity contribution in [2.24, 2.45) is 7.05 Å². The highest BCUT2D eigenvalue weighted by Crippen LogP contribution is 2.38. The van der Waals surface area contributed by atoms with E-state index in [1.165, 1.54) is 31.4 Å². The summed E-state index contributed by atoms with van der Waals surface area (Å²) in [5, 5.41) is 13.0. The van der Waals surface area contributed by atoms with E-state index < -0.39 is 0 Å². The summed E-state index contributed by atoms with van der Waals surface area (Å²) in [6.45, 7) is 0. The van der Waals surface area contributed by atoms with Crippen molar-refractivity contribution in [3.05, 3.63) is 15.9 Å². The molecule has 0 spiro atoms. The molecule has 14 heavy (non-hydrogen) atoms. The fourth-order valence-electron chi connectivity index (χ4n) is 2.23. The molecule has 2 rings (SSSR count). The molecule has 0 aliphatic heterocycles. The third kappa shape index (κ3) is 1.46. The minimum atomic E-state index is 0.509. The van der Waals surface area contributed by atoms with Crippen molar-refractivity contribution < 1.29 is 0 Å². The zero-order chi connectivity index (χ0) is 10.1. The molecule has 1 aliphatic carbocycles. The molecule has 1 aromatic heterocycles. The van der Waals surface area contributed by atoms with E-state index >= 15 is 0 Å². The van der Waals surface area contributed by atoms with Crippen molar-refractivity contribution in [2.75, 3.05) is 0 Å². The molecular weight excluding hydrogens is 242 g/mol. The second kappa shape index (κ2) is 3.74. The number of nitrogens with zero attached hydrogens (tertiary/aromatic N) is 3. The summed E-state index contributed by atoms with van der Waals surface area (Å²) < 4.78 is 2.74. The van der Waals surface area contributed by atoms with Crippen molar-refractivity contribution in [1.82, 2.24) is 9.78 Å². The van der Waals surface area contributed by atoms with Crippen LogP contribution in [0.25, 0.3) is 0 Å². The van der Waals surface area contributed by atoms with Gasteiger partial charge in [-0.15, -0.1) is 0 Å². The largest absolute Gasteiger partial charge is 0.270 e. The van der Waals surface area contributed by atoms with E-state index in [4.69, 9.17) is 5.26 Å². The smallest absolute Gasteiger partial charge is 0.176 e. The van der Waals surface area contributed by atoms with Gasteiger partial charge in [-0.1, -0.05) is 12.8 Å². The van der Waals surface area contributed by atoms with Crippen LogP contribution in [0.15, 0.2) is 4.47 Å². The van der Waals surface area contributed by atoms with Gasteiger partial charge >= 0.3 is 0 Å². The van der Waals surface area contributed by atoms with E-state index in [2.05, 4.69) is 27.1 Å². The van der Waals surface area contributed by atoms with Crippen LogP contribution in [0.2, 0.25) is 0 Å². The Bertz CT molecular complexity index is 383. The first-order valence-electron chi connectivity index (χ1n) is 4.86. The summed E-state index contributed by atoms with van der Waals surface area (Å²) in [7, 11) is 1.92. The highest BCUT2D eigenvalue weighted by Gasteiger charge is 2.24. The molecule has 74 valence electrons. The molecule has 1 heterocycles. The Morgan fingerprint density at radius 2 is 2.14 bits per heavy atom. The van der Waals surface area contributed by atoms with E-state index in [0.717, 1.165) is 4.47 Å². The van der Waals surface area contributed by atoms with Gasteiger partial charge in [0.25, 0.3) is 0 Å². The average Bonchev–Trinajstić information content (AvgIpc) is 2.74. The molecule has 0 radical (unpaired) electrons. The molecule has 1 saturated carbocycles. The lowest BCUT2D eigenvalue weighted by Crippen LogP contribution is -2.02. The number of rotatable bonds is 1. The minimum Gasteiger partial charge on any atom is -0.270 e. The Labute approximate surface area is 91.8 Å². The lowest BCUT2D eigenvalue weighted by atomic mass is 10.0. The number of aromatic nitrogens is 2. The number of nitriles is 1. The lowest BCUT2D eigenvalue weighted by molar-refractivity contribution is 0.614. The summed E-state index contributed by atoms with van der Waals surface area (Å²) in [5.41, 5.74) is 1.70. The van der Waals surface area contributed by atoms with E-state index in [1.807, 2.05) is 11.7 Å². The molecule has 0 N–H and O–H groups in total. The first-order chi connectivity index (χ1) is 6.74. The predicted octanol–water partition coefficient (Wildman–Crippen LogP) is 2.71. The van der Waals surface area contributed by atoms with Crippen molar-refractivity contribution in [3.8, 4) is 6.07 Å². The standard InChI is InChI=1S/C10H12BrN3/c1-14-10(7-4-2-3-5-7)9(11)8(6-12)13-14/h7H,2-5H2,1H3. The molecule has 1 aliphatic rings. The van der Waals surface area contributed by atoms with Gasteiger partial charge in [-0.3, -0.25) is 4.68 Å². The van der Waals surface area contributed by atoms with Crippen LogP contribution in [0, 0.1) is 11.3 Å². The van der Waals surface area contributed by atoms with Crippen molar-refractivity contribution in [2.45, 2.75) is 31.6 Å². The fourth-order valence-corrected chi connectivity index (χ4v) is 2.97. The van der Waals surface area contributed by atoms with Gasteiger partial charge in [-0.05, 0) is 28.8 Å². The van der Waals surface area contributed by atoms with Crippen LogP contribution in [-0.4, -0.2) is 9.78 Å². The zero-order valence-electron chi connectivity index (χ0n) is 8.13. The maximum absolute atomic E-state index is 8.84. The number of aryl methyl sites for hydroxylation is 1. The maximum Gasteiger partial charge on any atom is 0.176 e. The normalized spacial score (nSPS) is 17.2. The van der Waals surface area contributed by atoms with Crippen LogP contribution >= 0.6 is 15.9 Å². The molecule has 0 aromatic carbocycles. The van der Waals surface area contributed by atoms with Crippen LogP contribution in [0.4, 0.5) is 0 Å². The Morgan fingerprint density at radius 3 is 2.64 bits per heavy atom. The molecule has 1 aromatic rings. The summed E-state index contributed by atoms with van der Waals surface area (Å²) >= 11 is 3.47. The van der Waals surface area contributed by atoms with E-state index in [1.54, 1.807) is 0 Å². The van der Waals surface area contributed by atoms with Gasteiger partial charge in [-0.25, -0.2) is 0 Å². The summed E-state index contributed by atoms with van der Waals surface area (Å²) in [6, 6.07) is 2.10. The first-order valence-corrected chi connectivity index (χ1v) is 5.66. The molecule has 4 heteroatoms. The second-order valence-electron chi connectivity index (χ2n) is 3.76. The van der Waals surface area contributed by atoms with Crippen LogP contribution in [0.3, 0.4) is 0 Å². The lowest BCUT2D eigenvalue weighted by Gasteiger charge is -2.09. The van der Waals surface area contributed by atoms with Gasteiger partial charge in [0, 0.05) is 13.0 Å². The van der Waals surface area contributed by atoms with Gasteiger partial charge < -0.3 is 0 Å². The van der Waals surface area contributed by atoms with Crippen molar-refractivity contribution in [1.29, 1.82) is 5.26 Å². The van der Waals surface area contributed by atoms with Gasteiger partial charge in [-0.2, -0.15) is 10.4 Å². The second-order valence-corrected chi connectivity index (χ2v) is 4.56. The molecule has 1 fully saturated rings.